The average molecular weight is 472 g/mol. The zero-order chi connectivity index (χ0) is 19.1. The zero-order valence-electron chi connectivity index (χ0n) is 15.8. The Kier molecular flexibility index (Phi) is 4.30. The van der Waals surface area contributed by atoms with Gasteiger partial charge >= 0.3 is 0 Å². The molecule has 0 radical (unpaired) electrons. The number of halogens is 1. The van der Waals surface area contributed by atoms with E-state index >= 15 is 0 Å². The SMILES string of the molecule is CC(=O)[C@@]1(O)[C@H](I)C[C@H]2[C@@H]3CCC4=C[C@@H](O)CC[C@]4(C)[C@H]3C(=O)C[C@@]21C. The summed E-state index contributed by atoms with van der Waals surface area (Å²) < 4.78 is -0.142. The van der Waals surface area contributed by atoms with Crippen molar-refractivity contribution in [3.63, 3.8) is 0 Å². The van der Waals surface area contributed by atoms with E-state index in [1.807, 2.05) is 13.0 Å². The fourth-order valence-electron chi connectivity index (χ4n) is 7.13. The molecule has 4 aliphatic rings. The Morgan fingerprint density at radius 1 is 1.31 bits per heavy atom. The van der Waals surface area contributed by atoms with Crippen molar-refractivity contribution in [2.75, 3.05) is 0 Å². The summed E-state index contributed by atoms with van der Waals surface area (Å²) in [6.07, 6.45) is 6.10. The van der Waals surface area contributed by atoms with E-state index in [0.29, 0.717) is 12.8 Å². The molecular formula is C21H29IO4. The van der Waals surface area contributed by atoms with Crippen molar-refractivity contribution < 1.29 is 19.8 Å². The van der Waals surface area contributed by atoms with Crippen LogP contribution in [-0.2, 0) is 9.59 Å². The number of aliphatic hydroxyl groups is 2. The number of rotatable bonds is 1. The van der Waals surface area contributed by atoms with Crippen LogP contribution < -0.4 is 0 Å². The molecule has 3 saturated carbocycles. The topological polar surface area (TPSA) is 74.6 Å². The number of hydrogen-bond acceptors (Lipinski definition) is 4. The lowest BCUT2D eigenvalue weighted by Gasteiger charge is -2.58. The predicted octanol–water partition coefficient (Wildman–Crippen LogP) is 3.22. The number of carbonyl (C=O) groups is 2. The van der Waals surface area contributed by atoms with E-state index in [0.717, 1.165) is 25.7 Å². The van der Waals surface area contributed by atoms with E-state index in [1.54, 1.807) is 0 Å². The van der Waals surface area contributed by atoms with Crippen molar-refractivity contribution in [2.45, 2.75) is 74.9 Å². The highest BCUT2D eigenvalue weighted by Gasteiger charge is 2.70. The van der Waals surface area contributed by atoms with Crippen LogP contribution >= 0.6 is 22.6 Å². The van der Waals surface area contributed by atoms with Gasteiger partial charge in [0.05, 0.1) is 6.10 Å². The highest BCUT2D eigenvalue weighted by Crippen LogP contribution is 2.67. The van der Waals surface area contributed by atoms with Gasteiger partial charge in [-0.05, 0) is 56.3 Å². The third kappa shape index (κ3) is 2.20. The zero-order valence-corrected chi connectivity index (χ0v) is 18.0. The summed E-state index contributed by atoms with van der Waals surface area (Å²) in [6.45, 7) is 5.65. The molecule has 0 saturated heterocycles. The van der Waals surface area contributed by atoms with Gasteiger partial charge < -0.3 is 10.2 Å². The molecule has 144 valence electrons. The van der Waals surface area contributed by atoms with Crippen LogP contribution in [-0.4, -0.2) is 37.4 Å². The number of hydrogen-bond donors (Lipinski definition) is 2. The first kappa shape index (κ1) is 19.1. The van der Waals surface area contributed by atoms with Crippen LogP contribution in [0.2, 0.25) is 0 Å². The normalized spacial score (nSPS) is 53.4. The first-order valence-electron chi connectivity index (χ1n) is 9.85. The molecule has 0 unspecified atom stereocenters. The standard InChI is InChI=1S/C21H29IO4/c1-11(23)21(26)17(22)9-15-14-5-4-12-8-13(24)6-7-19(12,2)18(14)16(25)10-20(15,21)3/h8,13-15,17-18,24,26H,4-7,9-10H2,1-3H3/t13-,14-,15-,17+,18+,19-,20-,21+/m0/s1. The molecule has 0 spiro atoms. The van der Waals surface area contributed by atoms with Crippen molar-refractivity contribution in [1.29, 1.82) is 0 Å². The van der Waals surface area contributed by atoms with Gasteiger partial charge in [0.2, 0.25) is 0 Å². The summed E-state index contributed by atoms with van der Waals surface area (Å²) >= 11 is 2.23. The van der Waals surface area contributed by atoms with Crippen molar-refractivity contribution in [3.8, 4) is 0 Å². The van der Waals surface area contributed by atoms with Gasteiger partial charge in [-0.15, -0.1) is 0 Å². The summed E-state index contributed by atoms with van der Waals surface area (Å²) in [6, 6.07) is 0. The Labute approximate surface area is 168 Å². The molecule has 4 aliphatic carbocycles. The summed E-state index contributed by atoms with van der Waals surface area (Å²) in [4.78, 5) is 25.8. The Hall–Kier alpha value is -0.270. The molecule has 2 N–H and O–H groups in total. The number of aliphatic hydroxyl groups excluding tert-OH is 1. The summed E-state index contributed by atoms with van der Waals surface area (Å²) in [5.41, 5.74) is -0.980. The fraction of sp³-hybridized carbons (Fsp3) is 0.810. The van der Waals surface area contributed by atoms with E-state index in [2.05, 4.69) is 29.5 Å². The Morgan fingerprint density at radius 3 is 2.65 bits per heavy atom. The predicted molar refractivity (Wildman–Crippen MR) is 107 cm³/mol. The monoisotopic (exact) mass is 472 g/mol. The lowest BCUT2D eigenvalue weighted by atomic mass is 9.46. The van der Waals surface area contributed by atoms with Gasteiger partial charge in [0.1, 0.15) is 11.4 Å². The van der Waals surface area contributed by atoms with Crippen molar-refractivity contribution >= 4 is 34.2 Å². The van der Waals surface area contributed by atoms with Crippen LogP contribution in [0.5, 0.6) is 0 Å². The number of carbonyl (C=O) groups excluding carboxylic acids is 2. The number of fused-ring (bicyclic) bond motifs is 5. The van der Waals surface area contributed by atoms with Gasteiger partial charge in [0, 0.05) is 21.7 Å². The van der Waals surface area contributed by atoms with Gasteiger partial charge in [-0.25, -0.2) is 0 Å². The molecule has 0 aromatic heterocycles. The van der Waals surface area contributed by atoms with Crippen LogP contribution in [0.1, 0.15) is 59.3 Å². The summed E-state index contributed by atoms with van der Waals surface area (Å²) in [7, 11) is 0. The van der Waals surface area contributed by atoms with Gasteiger partial charge in [0.25, 0.3) is 0 Å². The lowest BCUT2D eigenvalue weighted by molar-refractivity contribution is -0.166. The van der Waals surface area contributed by atoms with Crippen LogP contribution in [0, 0.1) is 28.6 Å². The molecule has 0 heterocycles. The molecule has 5 heteroatoms. The minimum Gasteiger partial charge on any atom is -0.389 e. The molecular weight excluding hydrogens is 443 g/mol. The highest BCUT2D eigenvalue weighted by molar-refractivity contribution is 14.1. The molecule has 0 aromatic carbocycles. The molecule has 0 aliphatic heterocycles. The minimum atomic E-state index is -1.40. The van der Waals surface area contributed by atoms with E-state index in [-0.39, 0.29) is 44.8 Å². The first-order valence-corrected chi connectivity index (χ1v) is 11.1. The van der Waals surface area contributed by atoms with E-state index < -0.39 is 11.0 Å². The van der Waals surface area contributed by atoms with Crippen molar-refractivity contribution in [3.05, 3.63) is 11.6 Å². The second-order valence-corrected chi connectivity index (χ2v) is 11.1. The maximum atomic E-state index is 13.4. The van der Waals surface area contributed by atoms with Gasteiger partial charge in [-0.1, -0.05) is 48.1 Å². The van der Waals surface area contributed by atoms with Crippen LogP contribution in [0.15, 0.2) is 11.6 Å². The molecule has 0 amide bonds. The molecule has 4 rings (SSSR count). The first-order chi connectivity index (χ1) is 12.1. The van der Waals surface area contributed by atoms with Crippen molar-refractivity contribution in [1.82, 2.24) is 0 Å². The highest BCUT2D eigenvalue weighted by atomic mass is 127. The largest absolute Gasteiger partial charge is 0.389 e. The minimum absolute atomic E-state index is 0.0361. The van der Waals surface area contributed by atoms with Gasteiger partial charge in [-0.2, -0.15) is 0 Å². The Balaban J connectivity index is 1.78. The molecule has 26 heavy (non-hydrogen) atoms. The van der Waals surface area contributed by atoms with E-state index in [4.69, 9.17) is 0 Å². The summed E-state index contributed by atoms with van der Waals surface area (Å²) in [5.74, 6) is 0.404. The Bertz CT molecular complexity index is 702. The number of allylic oxidation sites excluding steroid dienone is 1. The Morgan fingerprint density at radius 2 is 2.00 bits per heavy atom. The number of alkyl halides is 1. The third-order valence-corrected chi connectivity index (χ3v) is 9.90. The van der Waals surface area contributed by atoms with Crippen LogP contribution in [0.4, 0.5) is 0 Å². The second kappa shape index (κ2) is 5.86. The van der Waals surface area contributed by atoms with Gasteiger partial charge in [0.15, 0.2) is 5.78 Å². The molecule has 0 bridgehead atoms. The van der Waals surface area contributed by atoms with Gasteiger partial charge in [-0.3, -0.25) is 9.59 Å². The van der Waals surface area contributed by atoms with Crippen LogP contribution in [0.3, 0.4) is 0 Å². The molecule has 4 nitrogen and oxygen atoms in total. The quantitative estimate of drug-likeness (QED) is 0.349. The summed E-state index contributed by atoms with van der Waals surface area (Å²) in [5, 5.41) is 21.4. The lowest BCUT2D eigenvalue weighted by Crippen LogP contribution is -2.61. The smallest absolute Gasteiger partial charge is 0.162 e. The second-order valence-electron chi connectivity index (χ2n) is 9.59. The number of Topliss-reactive ketones (excluding diaryl/α,β-unsaturated/α-hetero) is 2. The van der Waals surface area contributed by atoms with E-state index in [9.17, 15) is 19.8 Å². The average Bonchev–Trinajstić information content (AvgIpc) is 2.76. The van der Waals surface area contributed by atoms with E-state index in [1.165, 1.54) is 12.5 Å². The fourth-order valence-corrected chi connectivity index (χ4v) is 8.83. The third-order valence-electron chi connectivity index (χ3n) is 8.49. The van der Waals surface area contributed by atoms with Crippen molar-refractivity contribution in [2.24, 2.45) is 28.6 Å². The molecule has 0 aromatic rings. The molecule has 8 atom stereocenters. The van der Waals surface area contributed by atoms with Crippen LogP contribution in [0.25, 0.3) is 0 Å². The maximum absolute atomic E-state index is 13.4. The molecule has 3 fully saturated rings. The maximum Gasteiger partial charge on any atom is 0.162 e. The number of ketones is 2.